The van der Waals surface area contributed by atoms with Crippen LogP contribution >= 0.6 is 15.9 Å². The third-order valence-corrected chi connectivity index (χ3v) is 4.03. The molecule has 1 aliphatic rings. The summed E-state index contributed by atoms with van der Waals surface area (Å²) in [5.74, 6) is 0. The molecule has 1 unspecified atom stereocenters. The molecular weight excluding hydrogens is 312 g/mol. The summed E-state index contributed by atoms with van der Waals surface area (Å²) in [7, 11) is 1.63. The van der Waals surface area contributed by atoms with Crippen LogP contribution in [0.15, 0.2) is 15.5 Å². The number of nitrogens with one attached hydrogen (secondary N) is 1. The van der Waals surface area contributed by atoms with E-state index in [9.17, 15) is 4.79 Å². The third kappa shape index (κ3) is 3.55. The first-order valence-electron chi connectivity index (χ1n) is 6.41. The molecule has 0 amide bonds. The van der Waals surface area contributed by atoms with Crippen LogP contribution in [0.4, 0.5) is 5.69 Å². The number of hydrogen-bond donors (Lipinski definition) is 1. The van der Waals surface area contributed by atoms with Crippen LogP contribution in [-0.4, -0.2) is 53.6 Å². The van der Waals surface area contributed by atoms with Gasteiger partial charge in [0, 0.05) is 26.7 Å². The first-order valence-corrected chi connectivity index (χ1v) is 7.20. The van der Waals surface area contributed by atoms with Crippen LogP contribution in [0.5, 0.6) is 0 Å². The van der Waals surface area contributed by atoms with Crippen molar-refractivity contribution in [1.82, 2.24) is 14.7 Å². The number of aryl methyl sites for hydroxylation is 1. The second-order valence-electron chi connectivity index (χ2n) is 4.57. The van der Waals surface area contributed by atoms with Gasteiger partial charge in [0.1, 0.15) is 4.47 Å². The van der Waals surface area contributed by atoms with Crippen molar-refractivity contribution >= 4 is 21.6 Å². The maximum absolute atomic E-state index is 11.7. The van der Waals surface area contributed by atoms with E-state index >= 15 is 0 Å². The van der Waals surface area contributed by atoms with E-state index in [0.29, 0.717) is 16.7 Å². The lowest BCUT2D eigenvalue weighted by Crippen LogP contribution is -2.45. The average Bonchev–Trinajstić information content (AvgIpc) is 2.44. The highest BCUT2D eigenvalue weighted by molar-refractivity contribution is 9.10. The maximum Gasteiger partial charge on any atom is 0.282 e. The van der Waals surface area contributed by atoms with Crippen molar-refractivity contribution < 1.29 is 4.74 Å². The van der Waals surface area contributed by atoms with E-state index < -0.39 is 0 Å². The van der Waals surface area contributed by atoms with E-state index in [-0.39, 0.29) is 11.7 Å². The summed E-state index contributed by atoms with van der Waals surface area (Å²) in [6, 6.07) is 0. The fourth-order valence-electron chi connectivity index (χ4n) is 2.05. The van der Waals surface area contributed by atoms with Crippen molar-refractivity contribution in [3.05, 3.63) is 21.0 Å². The Morgan fingerprint density at radius 1 is 1.63 bits per heavy atom. The molecule has 1 atom stereocenters. The van der Waals surface area contributed by atoms with Crippen LogP contribution in [0.25, 0.3) is 0 Å². The second-order valence-corrected chi connectivity index (χ2v) is 5.36. The number of aromatic nitrogens is 2. The number of anilines is 1. The lowest BCUT2D eigenvalue weighted by atomic mass is 10.2. The van der Waals surface area contributed by atoms with Crippen molar-refractivity contribution in [2.24, 2.45) is 7.05 Å². The molecule has 1 aromatic heterocycles. The Kier molecular flexibility index (Phi) is 4.95. The number of morpholine rings is 1. The van der Waals surface area contributed by atoms with Crippen molar-refractivity contribution in [1.29, 1.82) is 0 Å². The molecule has 6 nitrogen and oxygen atoms in total. The van der Waals surface area contributed by atoms with Gasteiger partial charge in [0.25, 0.3) is 5.56 Å². The van der Waals surface area contributed by atoms with Gasteiger partial charge in [-0.1, -0.05) is 6.92 Å². The maximum atomic E-state index is 11.7. The molecule has 0 bridgehead atoms. The Bertz CT molecular complexity index is 491. The van der Waals surface area contributed by atoms with Crippen LogP contribution in [0.1, 0.15) is 6.92 Å². The molecule has 19 heavy (non-hydrogen) atoms. The zero-order valence-electron chi connectivity index (χ0n) is 11.2. The average molecular weight is 331 g/mol. The molecule has 0 saturated carbocycles. The second kappa shape index (κ2) is 6.49. The van der Waals surface area contributed by atoms with E-state index in [1.165, 1.54) is 4.68 Å². The molecule has 1 aromatic rings. The van der Waals surface area contributed by atoms with Crippen LogP contribution in [0.3, 0.4) is 0 Å². The highest BCUT2D eigenvalue weighted by Crippen LogP contribution is 2.16. The highest BCUT2D eigenvalue weighted by Gasteiger charge is 2.19. The van der Waals surface area contributed by atoms with Crippen molar-refractivity contribution in [3.8, 4) is 0 Å². The molecule has 0 spiro atoms. The minimum atomic E-state index is -0.148. The van der Waals surface area contributed by atoms with E-state index in [1.807, 2.05) is 0 Å². The lowest BCUT2D eigenvalue weighted by molar-refractivity contribution is -0.0191. The summed E-state index contributed by atoms with van der Waals surface area (Å²) in [6.07, 6.45) is 1.79. The van der Waals surface area contributed by atoms with Gasteiger partial charge in [0.05, 0.1) is 24.6 Å². The van der Waals surface area contributed by atoms with E-state index in [0.717, 1.165) is 26.2 Å². The number of rotatable bonds is 4. The van der Waals surface area contributed by atoms with Gasteiger partial charge in [-0.3, -0.25) is 9.69 Å². The SMILES string of the molecule is CCN1CCOC(CNc2cnn(C)c(=O)c2Br)C1. The zero-order valence-corrected chi connectivity index (χ0v) is 12.8. The van der Waals surface area contributed by atoms with Gasteiger partial charge < -0.3 is 10.1 Å². The van der Waals surface area contributed by atoms with Gasteiger partial charge in [0.2, 0.25) is 0 Å². The van der Waals surface area contributed by atoms with E-state index in [4.69, 9.17) is 4.74 Å². The van der Waals surface area contributed by atoms with E-state index in [2.05, 4.69) is 38.2 Å². The molecule has 0 aliphatic carbocycles. The summed E-state index contributed by atoms with van der Waals surface area (Å²) < 4.78 is 7.51. The van der Waals surface area contributed by atoms with Gasteiger partial charge in [-0.2, -0.15) is 5.10 Å². The summed E-state index contributed by atoms with van der Waals surface area (Å²) in [5, 5.41) is 7.22. The smallest absolute Gasteiger partial charge is 0.282 e. The summed E-state index contributed by atoms with van der Waals surface area (Å²) in [5.41, 5.74) is 0.560. The first kappa shape index (κ1) is 14.5. The lowest BCUT2D eigenvalue weighted by Gasteiger charge is -2.32. The topological polar surface area (TPSA) is 59.4 Å². The van der Waals surface area contributed by atoms with E-state index in [1.54, 1.807) is 13.2 Å². The zero-order chi connectivity index (χ0) is 13.8. The molecule has 0 radical (unpaired) electrons. The monoisotopic (exact) mass is 330 g/mol. The van der Waals surface area contributed by atoms with Crippen LogP contribution < -0.4 is 10.9 Å². The molecule has 2 heterocycles. The summed E-state index contributed by atoms with van der Waals surface area (Å²) >= 11 is 3.29. The highest BCUT2D eigenvalue weighted by atomic mass is 79.9. The van der Waals surface area contributed by atoms with Gasteiger partial charge in [0.15, 0.2) is 0 Å². The number of nitrogens with zero attached hydrogens (tertiary/aromatic N) is 3. The Morgan fingerprint density at radius 3 is 3.16 bits per heavy atom. The van der Waals surface area contributed by atoms with Gasteiger partial charge in [-0.05, 0) is 22.5 Å². The Balaban J connectivity index is 1.95. The minimum absolute atomic E-state index is 0.143. The molecule has 0 aromatic carbocycles. The van der Waals surface area contributed by atoms with Crippen LogP contribution in [0, 0.1) is 0 Å². The number of likely N-dealkylation sites (N-methyl/N-ethyl adjacent to an activating group) is 1. The van der Waals surface area contributed by atoms with Gasteiger partial charge in [-0.15, -0.1) is 0 Å². The number of ether oxygens (including phenoxy) is 1. The number of halogens is 1. The molecule has 1 N–H and O–H groups in total. The predicted octanol–water partition coefficient (Wildman–Crippen LogP) is 0.675. The normalized spacial score (nSPS) is 20.5. The molecule has 106 valence electrons. The molecule has 2 rings (SSSR count). The Morgan fingerprint density at radius 2 is 2.42 bits per heavy atom. The molecular formula is C12H19BrN4O2. The first-order chi connectivity index (χ1) is 9.11. The quantitative estimate of drug-likeness (QED) is 0.879. The minimum Gasteiger partial charge on any atom is -0.380 e. The summed E-state index contributed by atoms with van der Waals surface area (Å²) in [6.45, 7) is 6.53. The largest absolute Gasteiger partial charge is 0.380 e. The predicted molar refractivity (Wildman–Crippen MR) is 77.5 cm³/mol. The number of hydrogen-bond acceptors (Lipinski definition) is 5. The Labute approximate surface area is 120 Å². The fourth-order valence-corrected chi connectivity index (χ4v) is 2.55. The molecule has 1 aliphatic heterocycles. The molecule has 1 fully saturated rings. The Hall–Kier alpha value is -0.920. The van der Waals surface area contributed by atoms with Crippen LogP contribution in [0.2, 0.25) is 0 Å². The van der Waals surface area contributed by atoms with Crippen molar-refractivity contribution in [3.63, 3.8) is 0 Å². The fraction of sp³-hybridized carbons (Fsp3) is 0.667. The standard InChI is InChI=1S/C12H19BrN4O2/c1-3-17-4-5-19-9(8-17)6-14-10-7-15-16(2)12(18)11(10)13/h7,9,14H,3-6,8H2,1-2H3. The van der Waals surface area contributed by atoms with Crippen molar-refractivity contribution in [2.75, 3.05) is 38.1 Å². The third-order valence-electron chi connectivity index (χ3n) is 3.27. The van der Waals surface area contributed by atoms with Crippen LogP contribution in [-0.2, 0) is 11.8 Å². The van der Waals surface area contributed by atoms with Gasteiger partial charge >= 0.3 is 0 Å². The summed E-state index contributed by atoms with van der Waals surface area (Å²) in [4.78, 5) is 14.1. The molecule has 1 saturated heterocycles. The van der Waals surface area contributed by atoms with Gasteiger partial charge in [-0.25, -0.2) is 4.68 Å². The molecule has 7 heteroatoms. The van der Waals surface area contributed by atoms with Crippen molar-refractivity contribution in [2.45, 2.75) is 13.0 Å².